The zero-order chi connectivity index (χ0) is 16.9. The molecule has 0 saturated carbocycles. The van der Waals surface area contributed by atoms with E-state index >= 15 is 0 Å². The summed E-state index contributed by atoms with van der Waals surface area (Å²) in [6.45, 7) is 1.92. The zero-order valence-corrected chi connectivity index (χ0v) is 13.1. The number of imidazole rings is 1. The van der Waals surface area contributed by atoms with E-state index in [-0.39, 0.29) is 18.7 Å². The van der Waals surface area contributed by atoms with Crippen LogP contribution in [0.2, 0.25) is 0 Å². The second-order valence-corrected chi connectivity index (χ2v) is 5.26. The predicted octanol–water partition coefficient (Wildman–Crippen LogP) is 2.35. The molecule has 24 heavy (non-hydrogen) atoms. The van der Waals surface area contributed by atoms with Gasteiger partial charge in [-0.15, -0.1) is 0 Å². The van der Waals surface area contributed by atoms with Gasteiger partial charge in [0.15, 0.2) is 0 Å². The Bertz CT molecular complexity index is 794. The molecule has 8 nitrogen and oxygen atoms in total. The number of nitrogens with zero attached hydrogens (tertiary/aromatic N) is 3. The molecule has 0 saturated heterocycles. The Morgan fingerprint density at radius 1 is 1.25 bits per heavy atom. The lowest BCUT2D eigenvalue weighted by Crippen LogP contribution is -2.19. The van der Waals surface area contributed by atoms with Crippen molar-refractivity contribution in [3.63, 3.8) is 0 Å². The maximum absolute atomic E-state index is 11.9. The highest BCUT2D eigenvalue weighted by Gasteiger charge is 2.12. The molecule has 0 aliphatic heterocycles. The van der Waals surface area contributed by atoms with Crippen LogP contribution in [-0.2, 0) is 6.61 Å². The lowest BCUT2D eigenvalue weighted by molar-refractivity contribution is 0.262. The molecule has 0 aliphatic carbocycles. The van der Waals surface area contributed by atoms with E-state index < -0.39 is 0 Å². The molecule has 0 unspecified atom stereocenters. The van der Waals surface area contributed by atoms with Gasteiger partial charge in [0.1, 0.15) is 18.2 Å². The molecular formula is C16H18N6O2. The number of amides is 2. The fraction of sp³-hybridized carbons (Fsp3) is 0.188. The van der Waals surface area contributed by atoms with Crippen molar-refractivity contribution < 1.29 is 9.90 Å². The van der Waals surface area contributed by atoms with Gasteiger partial charge in [0.2, 0.25) is 0 Å². The Hall–Kier alpha value is -3.13. The van der Waals surface area contributed by atoms with Gasteiger partial charge in [-0.2, -0.15) is 5.10 Å². The average molecular weight is 326 g/mol. The van der Waals surface area contributed by atoms with Crippen LogP contribution in [0.4, 0.5) is 16.3 Å². The molecule has 124 valence electrons. The standard InChI is InChI=1S/C16H18N6O2/c1-11(22-9-8-17-15(22)10-23)12-2-4-13(5-3-12)19-16(24)20-14-6-7-18-21-14/h2-9,11,23H,10H2,1H3,(H3,18,19,20,21,24)/t11-/m0/s1. The van der Waals surface area contributed by atoms with Crippen LogP contribution >= 0.6 is 0 Å². The highest BCUT2D eigenvalue weighted by atomic mass is 16.3. The third-order valence-electron chi connectivity index (χ3n) is 3.71. The molecule has 2 amide bonds. The highest BCUT2D eigenvalue weighted by molar-refractivity contribution is 5.99. The number of aromatic nitrogens is 4. The fourth-order valence-electron chi connectivity index (χ4n) is 2.43. The minimum atomic E-state index is -0.350. The lowest BCUT2D eigenvalue weighted by atomic mass is 10.1. The maximum atomic E-state index is 11.9. The molecule has 0 bridgehead atoms. The molecule has 1 atom stereocenters. The summed E-state index contributed by atoms with van der Waals surface area (Å²) < 4.78 is 1.91. The molecule has 8 heteroatoms. The van der Waals surface area contributed by atoms with Gasteiger partial charge in [-0.1, -0.05) is 12.1 Å². The Morgan fingerprint density at radius 2 is 2.04 bits per heavy atom. The molecule has 4 N–H and O–H groups in total. The highest BCUT2D eigenvalue weighted by Crippen LogP contribution is 2.21. The molecule has 3 aromatic rings. The molecule has 1 aromatic carbocycles. The number of benzene rings is 1. The quantitative estimate of drug-likeness (QED) is 0.577. The van der Waals surface area contributed by atoms with E-state index in [0.29, 0.717) is 17.3 Å². The Labute approximate surface area is 138 Å². The van der Waals surface area contributed by atoms with Crippen molar-refractivity contribution in [2.45, 2.75) is 19.6 Å². The van der Waals surface area contributed by atoms with Crippen molar-refractivity contribution in [1.82, 2.24) is 19.7 Å². The minimum absolute atomic E-state index is 0.0301. The van der Waals surface area contributed by atoms with Crippen LogP contribution in [-0.4, -0.2) is 30.9 Å². The Balaban J connectivity index is 1.65. The SMILES string of the molecule is C[C@@H](c1ccc(NC(=O)Nc2ccn[nH]2)cc1)n1ccnc1CO. The molecule has 0 radical (unpaired) electrons. The van der Waals surface area contributed by atoms with Crippen LogP contribution in [0, 0.1) is 0 Å². The van der Waals surface area contributed by atoms with Crippen LogP contribution < -0.4 is 10.6 Å². The zero-order valence-electron chi connectivity index (χ0n) is 13.1. The second-order valence-electron chi connectivity index (χ2n) is 5.26. The Morgan fingerprint density at radius 3 is 2.71 bits per heavy atom. The number of H-pyrrole nitrogens is 1. The number of hydrogen-bond acceptors (Lipinski definition) is 4. The molecule has 0 spiro atoms. The largest absolute Gasteiger partial charge is 0.388 e. The van der Waals surface area contributed by atoms with E-state index in [2.05, 4.69) is 25.8 Å². The number of aliphatic hydroxyl groups excluding tert-OH is 1. The minimum Gasteiger partial charge on any atom is -0.388 e. The van der Waals surface area contributed by atoms with E-state index in [1.165, 1.54) is 0 Å². The van der Waals surface area contributed by atoms with Gasteiger partial charge in [0, 0.05) is 24.1 Å². The van der Waals surface area contributed by atoms with E-state index in [1.54, 1.807) is 18.5 Å². The summed E-state index contributed by atoms with van der Waals surface area (Å²) >= 11 is 0. The number of anilines is 2. The van der Waals surface area contributed by atoms with E-state index in [9.17, 15) is 9.90 Å². The number of carbonyl (C=O) groups excluding carboxylic acids is 1. The van der Waals surface area contributed by atoms with Crippen molar-refractivity contribution in [2.24, 2.45) is 0 Å². The normalized spacial score (nSPS) is 11.9. The first kappa shape index (κ1) is 15.8. The number of aromatic amines is 1. The summed E-state index contributed by atoms with van der Waals surface area (Å²) in [6.07, 6.45) is 5.06. The number of aliphatic hydroxyl groups is 1. The average Bonchev–Trinajstić information content (AvgIpc) is 3.25. The number of carbonyl (C=O) groups is 1. The smallest absolute Gasteiger partial charge is 0.324 e. The van der Waals surface area contributed by atoms with Crippen LogP contribution in [0.3, 0.4) is 0 Å². The maximum Gasteiger partial charge on any atom is 0.324 e. The summed E-state index contributed by atoms with van der Waals surface area (Å²) in [5, 5.41) is 21.1. The third kappa shape index (κ3) is 3.44. The third-order valence-corrected chi connectivity index (χ3v) is 3.71. The topological polar surface area (TPSA) is 108 Å². The van der Waals surface area contributed by atoms with Crippen LogP contribution in [0.15, 0.2) is 48.9 Å². The van der Waals surface area contributed by atoms with Crippen LogP contribution in [0.1, 0.15) is 24.4 Å². The van der Waals surface area contributed by atoms with Gasteiger partial charge in [0.05, 0.1) is 12.2 Å². The summed E-state index contributed by atoms with van der Waals surface area (Å²) in [6, 6.07) is 8.85. The predicted molar refractivity (Wildman–Crippen MR) is 89.6 cm³/mol. The first-order valence-corrected chi connectivity index (χ1v) is 7.47. The molecule has 3 rings (SSSR count). The van der Waals surface area contributed by atoms with Crippen molar-refractivity contribution in [1.29, 1.82) is 0 Å². The molecule has 2 heterocycles. The van der Waals surface area contributed by atoms with Gasteiger partial charge in [-0.3, -0.25) is 10.4 Å². The van der Waals surface area contributed by atoms with Crippen LogP contribution in [0.5, 0.6) is 0 Å². The second kappa shape index (κ2) is 6.97. The van der Waals surface area contributed by atoms with Crippen molar-refractivity contribution in [2.75, 3.05) is 10.6 Å². The first-order chi connectivity index (χ1) is 11.7. The van der Waals surface area contributed by atoms with Gasteiger partial charge in [0.25, 0.3) is 0 Å². The summed E-state index contributed by atoms with van der Waals surface area (Å²) in [5.74, 6) is 1.14. The van der Waals surface area contributed by atoms with Gasteiger partial charge >= 0.3 is 6.03 Å². The number of urea groups is 1. The molecular weight excluding hydrogens is 308 g/mol. The van der Waals surface area contributed by atoms with Crippen molar-refractivity contribution in [3.8, 4) is 0 Å². The molecule has 0 fully saturated rings. The van der Waals surface area contributed by atoms with Crippen LogP contribution in [0.25, 0.3) is 0 Å². The monoisotopic (exact) mass is 326 g/mol. The lowest BCUT2D eigenvalue weighted by Gasteiger charge is -2.16. The van der Waals surface area contributed by atoms with E-state index in [4.69, 9.17) is 0 Å². The number of rotatable bonds is 5. The summed E-state index contributed by atoms with van der Waals surface area (Å²) in [4.78, 5) is 16.0. The Kier molecular flexibility index (Phi) is 4.57. The van der Waals surface area contributed by atoms with Crippen molar-refractivity contribution >= 4 is 17.5 Å². The molecule has 2 aromatic heterocycles. The number of nitrogens with one attached hydrogen (secondary N) is 3. The summed E-state index contributed by atoms with van der Waals surface area (Å²) in [7, 11) is 0. The number of hydrogen-bond donors (Lipinski definition) is 4. The van der Waals surface area contributed by atoms with Crippen molar-refractivity contribution in [3.05, 3.63) is 60.3 Å². The van der Waals surface area contributed by atoms with E-state index in [0.717, 1.165) is 5.56 Å². The summed E-state index contributed by atoms with van der Waals surface area (Å²) in [5.41, 5.74) is 1.72. The van der Waals surface area contributed by atoms with E-state index in [1.807, 2.05) is 42.0 Å². The molecule has 0 aliphatic rings. The fourth-order valence-corrected chi connectivity index (χ4v) is 2.43. The van der Waals surface area contributed by atoms with Gasteiger partial charge < -0.3 is 15.0 Å². The first-order valence-electron chi connectivity index (χ1n) is 7.47. The van der Waals surface area contributed by atoms with Gasteiger partial charge in [-0.25, -0.2) is 9.78 Å². The van der Waals surface area contributed by atoms with Gasteiger partial charge in [-0.05, 0) is 24.6 Å².